The zero-order chi connectivity index (χ0) is 27.2. The minimum absolute atomic E-state index is 0.0285. The van der Waals surface area contributed by atoms with E-state index in [1.54, 1.807) is 49.4 Å². The van der Waals surface area contributed by atoms with Crippen molar-refractivity contribution in [2.24, 2.45) is 0 Å². The molecule has 1 fully saturated rings. The number of anilines is 1. The Labute approximate surface area is 230 Å². The van der Waals surface area contributed by atoms with Crippen molar-refractivity contribution in [1.29, 1.82) is 0 Å². The van der Waals surface area contributed by atoms with Gasteiger partial charge in [-0.2, -0.15) is 0 Å². The molecule has 0 heterocycles. The average molecular weight is 569 g/mol. The predicted octanol–water partition coefficient (Wildman–Crippen LogP) is 5.32. The van der Waals surface area contributed by atoms with Crippen LogP contribution in [0.5, 0.6) is 0 Å². The quantitative estimate of drug-likeness (QED) is 0.420. The Morgan fingerprint density at radius 3 is 2.22 bits per heavy atom. The van der Waals surface area contributed by atoms with Crippen LogP contribution in [0.15, 0.2) is 42.5 Å². The van der Waals surface area contributed by atoms with Gasteiger partial charge in [-0.15, -0.1) is 0 Å². The van der Waals surface area contributed by atoms with Gasteiger partial charge in [0.05, 0.1) is 11.9 Å². The van der Waals surface area contributed by atoms with Gasteiger partial charge >= 0.3 is 0 Å². The van der Waals surface area contributed by atoms with Gasteiger partial charge in [0.25, 0.3) is 0 Å². The van der Waals surface area contributed by atoms with Crippen LogP contribution in [0.2, 0.25) is 10.0 Å². The number of rotatable bonds is 10. The third-order valence-electron chi connectivity index (χ3n) is 6.79. The lowest BCUT2D eigenvalue weighted by atomic mass is 9.95. The summed E-state index contributed by atoms with van der Waals surface area (Å²) in [5.74, 6) is -0.775. The number of halogens is 2. The van der Waals surface area contributed by atoms with Crippen molar-refractivity contribution in [1.82, 2.24) is 10.2 Å². The highest BCUT2D eigenvalue weighted by Crippen LogP contribution is 2.28. The van der Waals surface area contributed by atoms with Crippen LogP contribution in [0, 0.1) is 6.92 Å². The minimum Gasteiger partial charge on any atom is -0.352 e. The molecule has 1 aliphatic carbocycles. The zero-order valence-corrected chi connectivity index (χ0v) is 23.9. The number of para-hydroxylation sites is 1. The summed E-state index contributed by atoms with van der Waals surface area (Å²) in [6.45, 7) is 3.12. The largest absolute Gasteiger partial charge is 0.352 e. The third kappa shape index (κ3) is 7.62. The van der Waals surface area contributed by atoms with Crippen molar-refractivity contribution in [3.63, 3.8) is 0 Å². The lowest BCUT2D eigenvalue weighted by Crippen LogP contribution is -2.54. The van der Waals surface area contributed by atoms with Crippen molar-refractivity contribution in [2.75, 3.05) is 17.1 Å². The summed E-state index contributed by atoms with van der Waals surface area (Å²) in [5, 5.41) is 3.85. The molecule has 1 saturated carbocycles. The number of nitrogens with one attached hydrogen (secondary N) is 1. The third-order valence-corrected chi connectivity index (χ3v) is 8.63. The van der Waals surface area contributed by atoms with Crippen LogP contribution >= 0.6 is 23.2 Å². The van der Waals surface area contributed by atoms with Gasteiger partial charge in [0, 0.05) is 28.2 Å². The lowest BCUT2D eigenvalue weighted by Gasteiger charge is -2.34. The van der Waals surface area contributed by atoms with E-state index in [-0.39, 0.29) is 18.5 Å². The summed E-state index contributed by atoms with van der Waals surface area (Å²) < 4.78 is 26.6. The highest BCUT2D eigenvalue weighted by Gasteiger charge is 2.33. The van der Waals surface area contributed by atoms with Gasteiger partial charge in [-0.1, -0.05) is 73.7 Å². The summed E-state index contributed by atoms with van der Waals surface area (Å²) in [6.07, 6.45) is 6.48. The topological polar surface area (TPSA) is 86.8 Å². The van der Waals surface area contributed by atoms with Gasteiger partial charge in [0.15, 0.2) is 0 Å². The fraction of sp³-hybridized carbons (Fsp3) is 0.481. The molecule has 3 rings (SSSR count). The van der Waals surface area contributed by atoms with Gasteiger partial charge in [-0.05, 0) is 49.9 Å². The molecular formula is C27H35Cl2N3O4S. The van der Waals surface area contributed by atoms with E-state index in [2.05, 4.69) is 5.32 Å². The molecular weight excluding hydrogens is 533 g/mol. The Hall–Kier alpha value is -2.29. The fourth-order valence-corrected chi connectivity index (χ4v) is 6.18. The molecule has 37 heavy (non-hydrogen) atoms. The molecule has 2 aromatic rings. The van der Waals surface area contributed by atoms with Crippen LogP contribution in [0.25, 0.3) is 0 Å². The lowest BCUT2D eigenvalue weighted by molar-refractivity contribution is -0.140. The van der Waals surface area contributed by atoms with Gasteiger partial charge in [0.1, 0.15) is 12.6 Å². The number of hydrogen-bond acceptors (Lipinski definition) is 4. The highest BCUT2D eigenvalue weighted by molar-refractivity contribution is 7.92. The maximum Gasteiger partial charge on any atom is 0.244 e. The first-order chi connectivity index (χ1) is 17.5. The number of carbonyl (C=O) groups excluding carboxylic acids is 2. The van der Waals surface area contributed by atoms with E-state index in [0.29, 0.717) is 33.3 Å². The summed E-state index contributed by atoms with van der Waals surface area (Å²) in [6, 6.07) is 11.3. The van der Waals surface area contributed by atoms with E-state index in [1.165, 1.54) is 4.90 Å². The zero-order valence-electron chi connectivity index (χ0n) is 21.5. The van der Waals surface area contributed by atoms with Crippen molar-refractivity contribution in [3.05, 3.63) is 63.6 Å². The molecule has 7 nitrogen and oxygen atoms in total. The second kappa shape index (κ2) is 13.0. The molecule has 0 spiro atoms. The molecule has 10 heteroatoms. The number of hydrogen-bond donors (Lipinski definition) is 1. The number of benzene rings is 2. The second-order valence-electron chi connectivity index (χ2n) is 9.55. The average Bonchev–Trinajstić information content (AvgIpc) is 2.84. The molecule has 1 N–H and O–H groups in total. The Morgan fingerprint density at radius 1 is 1.03 bits per heavy atom. The molecule has 202 valence electrons. The van der Waals surface area contributed by atoms with E-state index >= 15 is 0 Å². The molecule has 1 atom stereocenters. The first kappa shape index (κ1) is 29.3. The van der Waals surface area contributed by atoms with Crippen molar-refractivity contribution >= 4 is 50.7 Å². The molecule has 0 aromatic heterocycles. The van der Waals surface area contributed by atoms with Crippen LogP contribution in [0.1, 0.15) is 56.6 Å². The smallest absolute Gasteiger partial charge is 0.244 e. The molecule has 0 unspecified atom stereocenters. The van der Waals surface area contributed by atoms with Crippen LogP contribution in [0.4, 0.5) is 5.69 Å². The number of sulfonamides is 1. The number of amides is 2. The van der Waals surface area contributed by atoms with Gasteiger partial charge < -0.3 is 10.2 Å². The van der Waals surface area contributed by atoms with E-state index in [1.807, 2.05) is 6.92 Å². The first-order valence-corrected chi connectivity index (χ1v) is 15.2. The van der Waals surface area contributed by atoms with Crippen molar-refractivity contribution in [3.8, 4) is 0 Å². The summed E-state index contributed by atoms with van der Waals surface area (Å²) in [4.78, 5) is 28.7. The maximum absolute atomic E-state index is 13.9. The number of nitrogens with zero attached hydrogens (tertiary/aromatic N) is 2. The predicted molar refractivity (Wildman–Crippen MR) is 149 cm³/mol. The fourth-order valence-electron chi connectivity index (χ4n) is 4.76. The van der Waals surface area contributed by atoms with Crippen LogP contribution in [-0.2, 0) is 26.2 Å². The van der Waals surface area contributed by atoms with E-state index < -0.39 is 28.5 Å². The molecule has 2 amide bonds. The number of aryl methyl sites for hydroxylation is 1. The van der Waals surface area contributed by atoms with Gasteiger partial charge in [-0.25, -0.2) is 8.42 Å². The molecule has 0 bridgehead atoms. The Bertz CT molecular complexity index is 1200. The minimum atomic E-state index is -3.80. The van der Waals surface area contributed by atoms with Crippen LogP contribution in [0.3, 0.4) is 0 Å². The second-order valence-corrected chi connectivity index (χ2v) is 12.3. The van der Waals surface area contributed by atoms with Crippen LogP contribution < -0.4 is 9.62 Å². The Morgan fingerprint density at radius 2 is 1.65 bits per heavy atom. The highest BCUT2D eigenvalue weighted by atomic mass is 35.5. The molecule has 0 radical (unpaired) electrons. The molecule has 1 aliphatic rings. The van der Waals surface area contributed by atoms with Crippen LogP contribution in [-0.4, -0.2) is 50.0 Å². The van der Waals surface area contributed by atoms with Crippen molar-refractivity contribution in [2.45, 2.75) is 71.0 Å². The van der Waals surface area contributed by atoms with E-state index in [9.17, 15) is 18.0 Å². The standard InChI is InChI=1S/C27H35Cl2N3O4S/c1-4-24(27(34)30-20-12-6-5-7-13-20)31(17-21-22(28)14-10-15-23(21)29)26(33)18-32(37(3,35)36)25-16-9-8-11-19(25)2/h8-11,14-16,20,24H,4-7,12-13,17-18H2,1-3H3,(H,30,34)/t24-/m1/s1. The summed E-state index contributed by atoms with van der Waals surface area (Å²) in [7, 11) is -3.80. The normalized spacial score (nSPS) is 15.2. The van der Waals surface area contributed by atoms with Gasteiger partial charge in [0.2, 0.25) is 21.8 Å². The Kier molecular flexibility index (Phi) is 10.3. The van der Waals surface area contributed by atoms with E-state index in [0.717, 1.165) is 42.7 Å². The van der Waals surface area contributed by atoms with E-state index in [4.69, 9.17) is 23.2 Å². The first-order valence-electron chi connectivity index (χ1n) is 12.6. The molecule has 0 saturated heterocycles. The Balaban J connectivity index is 1.97. The SMILES string of the molecule is CC[C@H](C(=O)NC1CCCCC1)N(Cc1c(Cl)cccc1Cl)C(=O)CN(c1ccccc1C)S(C)(=O)=O. The maximum atomic E-state index is 13.9. The summed E-state index contributed by atoms with van der Waals surface area (Å²) in [5.41, 5.74) is 1.63. The molecule has 0 aliphatic heterocycles. The number of carbonyl (C=O) groups is 2. The monoisotopic (exact) mass is 567 g/mol. The molecule has 2 aromatic carbocycles. The van der Waals surface area contributed by atoms with Crippen molar-refractivity contribution < 1.29 is 18.0 Å². The summed E-state index contributed by atoms with van der Waals surface area (Å²) >= 11 is 12.9. The van der Waals surface area contributed by atoms with Gasteiger partial charge in [-0.3, -0.25) is 13.9 Å².